The predicted octanol–water partition coefficient (Wildman–Crippen LogP) is 4.60. The summed E-state index contributed by atoms with van der Waals surface area (Å²) in [5.74, 6) is -0.687. The molecule has 0 saturated carbocycles. The van der Waals surface area contributed by atoms with E-state index in [0.717, 1.165) is 4.88 Å². The number of thiophene rings is 1. The summed E-state index contributed by atoms with van der Waals surface area (Å²) in [7, 11) is 0. The van der Waals surface area contributed by atoms with Crippen LogP contribution in [-0.2, 0) is 4.79 Å². The Hall–Kier alpha value is -2.35. The van der Waals surface area contributed by atoms with Crippen LogP contribution in [0.2, 0.25) is 0 Å². The summed E-state index contributed by atoms with van der Waals surface area (Å²) in [5.41, 5.74) is 0.135. The van der Waals surface area contributed by atoms with Gasteiger partial charge in [0.05, 0.1) is 10.6 Å². The van der Waals surface area contributed by atoms with Crippen LogP contribution in [0.25, 0.3) is 0 Å². The molecular formula is C17H16F3NO3S. The molecule has 1 heterocycles. The van der Waals surface area contributed by atoms with Gasteiger partial charge in [0.25, 0.3) is 0 Å². The summed E-state index contributed by atoms with van der Waals surface area (Å²) in [6.07, 6.45) is -4.51. The first-order valence-electron chi connectivity index (χ1n) is 7.42. The molecule has 2 aromatic rings. The monoisotopic (exact) mass is 371 g/mol. The number of amides is 1. The van der Waals surface area contributed by atoms with Crippen molar-refractivity contribution in [1.29, 1.82) is 0 Å². The highest BCUT2D eigenvalue weighted by molar-refractivity contribution is 7.14. The van der Waals surface area contributed by atoms with Gasteiger partial charge in [0.2, 0.25) is 5.91 Å². The van der Waals surface area contributed by atoms with Crippen molar-refractivity contribution in [2.45, 2.75) is 25.9 Å². The molecule has 0 aliphatic rings. The normalized spacial score (nSPS) is 11.2. The molecular weight excluding hydrogens is 355 g/mol. The molecule has 0 fully saturated rings. The third kappa shape index (κ3) is 6.22. The van der Waals surface area contributed by atoms with E-state index in [1.807, 2.05) is 13.0 Å². The van der Waals surface area contributed by atoms with Crippen LogP contribution < -0.4 is 10.1 Å². The van der Waals surface area contributed by atoms with Crippen LogP contribution in [0, 0.1) is 6.92 Å². The highest BCUT2D eigenvalue weighted by Gasteiger charge is 2.28. The number of hydrogen-bond donors (Lipinski definition) is 1. The standard InChI is InChI=1S/C17H16F3NO3S/c1-11-6-8-15(25-11)13(22)7-9-16(23)21-12-4-2-3-5-14(12)24-10-17(18,19)20/h2-6,8H,7,9-10H2,1H3,(H,21,23). The molecule has 0 aliphatic carbocycles. The van der Waals surface area contributed by atoms with Crippen LogP contribution in [0.3, 0.4) is 0 Å². The number of ether oxygens (including phenoxy) is 1. The molecule has 0 aliphatic heterocycles. The Balaban J connectivity index is 1.91. The summed E-state index contributed by atoms with van der Waals surface area (Å²) >= 11 is 1.36. The minimum Gasteiger partial charge on any atom is -0.482 e. The molecule has 2 rings (SSSR count). The third-order valence-electron chi connectivity index (χ3n) is 3.15. The lowest BCUT2D eigenvalue weighted by Gasteiger charge is -2.13. The molecule has 0 spiro atoms. The van der Waals surface area contributed by atoms with Gasteiger partial charge >= 0.3 is 6.18 Å². The summed E-state index contributed by atoms with van der Waals surface area (Å²) < 4.78 is 41.5. The van der Waals surface area contributed by atoms with Gasteiger partial charge in [-0.15, -0.1) is 11.3 Å². The van der Waals surface area contributed by atoms with Crippen molar-refractivity contribution in [3.63, 3.8) is 0 Å². The zero-order chi connectivity index (χ0) is 18.4. The maximum atomic E-state index is 12.3. The van der Waals surface area contributed by atoms with Crippen molar-refractivity contribution in [3.8, 4) is 5.75 Å². The van der Waals surface area contributed by atoms with Crippen LogP contribution in [0.4, 0.5) is 18.9 Å². The predicted molar refractivity (Wildman–Crippen MR) is 89.2 cm³/mol. The first-order chi connectivity index (χ1) is 11.7. The van der Waals surface area contributed by atoms with E-state index in [9.17, 15) is 22.8 Å². The third-order valence-corrected chi connectivity index (χ3v) is 4.19. The van der Waals surface area contributed by atoms with Crippen LogP contribution in [0.5, 0.6) is 5.75 Å². The lowest BCUT2D eigenvalue weighted by molar-refractivity contribution is -0.153. The lowest BCUT2D eigenvalue weighted by atomic mass is 10.2. The van der Waals surface area contributed by atoms with Gasteiger partial charge in [0, 0.05) is 17.7 Å². The van der Waals surface area contributed by atoms with Gasteiger partial charge in [-0.25, -0.2) is 0 Å². The summed E-state index contributed by atoms with van der Waals surface area (Å²) in [6.45, 7) is 0.433. The van der Waals surface area contributed by atoms with Crippen molar-refractivity contribution in [2.75, 3.05) is 11.9 Å². The van der Waals surface area contributed by atoms with Gasteiger partial charge in [-0.05, 0) is 31.2 Å². The number of anilines is 1. The number of aryl methyl sites for hydroxylation is 1. The SMILES string of the molecule is Cc1ccc(C(=O)CCC(=O)Nc2ccccc2OCC(F)(F)F)s1. The number of halogens is 3. The minimum absolute atomic E-state index is 0.0252. The Kier molecular flexibility index (Phi) is 6.19. The number of rotatable bonds is 7. The number of nitrogens with one attached hydrogen (secondary N) is 1. The largest absolute Gasteiger partial charge is 0.482 e. The fourth-order valence-electron chi connectivity index (χ4n) is 2.00. The lowest BCUT2D eigenvalue weighted by Crippen LogP contribution is -2.20. The molecule has 134 valence electrons. The molecule has 8 heteroatoms. The second-order valence-electron chi connectivity index (χ2n) is 5.28. The summed E-state index contributed by atoms with van der Waals surface area (Å²) in [6, 6.07) is 9.38. The molecule has 0 atom stereocenters. The van der Waals surface area contributed by atoms with Crippen molar-refractivity contribution in [1.82, 2.24) is 0 Å². The molecule has 1 aromatic heterocycles. The van der Waals surface area contributed by atoms with Gasteiger partial charge < -0.3 is 10.1 Å². The topological polar surface area (TPSA) is 55.4 Å². The second-order valence-corrected chi connectivity index (χ2v) is 6.57. The second kappa shape index (κ2) is 8.15. The molecule has 25 heavy (non-hydrogen) atoms. The van der Waals surface area contributed by atoms with Crippen LogP contribution in [-0.4, -0.2) is 24.5 Å². The molecule has 1 N–H and O–H groups in total. The Bertz CT molecular complexity index is 756. The maximum absolute atomic E-state index is 12.3. The average Bonchev–Trinajstić information content (AvgIpc) is 2.97. The Morgan fingerprint density at radius 2 is 1.84 bits per heavy atom. The van der Waals surface area contributed by atoms with Crippen molar-refractivity contribution in [3.05, 3.63) is 46.2 Å². The first kappa shape index (κ1) is 19.0. The summed E-state index contributed by atoms with van der Waals surface area (Å²) in [5, 5.41) is 2.48. The Morgan fingerprint density at radius 3 is 2.48 bits per heavy atom. The van der Waals surface area contributed by atoms with Crippen LogP contribution >= 0.6 is 11.3 Å². The average molecular weight is 371 g/mol. The maximum Gasteiger partial charge on any atom is 0.422 e. The van der Waals surface area contributed by atoms with E-state index in [-0.39, 0.29) is 30.1 Å². The van der Waals surface area contributed by atoms with E-state index in [2.05, 4.69) is 5.32 Å². The number of benzene rings is 1. The number of alkyl halides is 3. The zero-order valence-electron chi connectivity index (χ0n) is 13.4. The number of carbonyl (C=O) groups excluding carboxylic acids is 2. The zero-order valence-corrected chi connectivity index (χ0v) is 14.2. The number of ketones is 1. The Labute approximate surface area is 146 Å². The quantitative estimate of drug-likeness (QED) is 0.724. The fourth-order valence-corrected chi connectivity index (χ4v) is 2.84. The van der Waals surface area contributed by atoms with E-state index >= 15 is 0 Å². The molecule has 1 amide bonds. The van der Waals surface area contributed by atoms with Crippen molar-refractivity contribution >= 4 is 28.7 Å². The van der Waals surface area contributed by atoms with E-state index in [1.165, 1.54) is 29.5 Å². The number of para-hydroxylation sites is 2. The highest BCUT2D eigenvalue weighted by atomic mass is 32.1. The molecule has 4 nitrogen and oxygen atoms in total. The van der Waals surface area contributed by atoms with E-state index in [4.69, 9.17) is 4.74 Å². The smallest absolute Gasteiger partial charge is 0.422 e. The first-order valence-corrected chi connectivity index (χ1v) is 8.24. The molecule has 0 unspecified atom stereocenters. The number of hydrogen-bond acceptors (Lipinski definition) is 4. The van der Waals surface area contributed by atoms with Gasteiger partial charge in [-0.1, -0.05) is 12.1 Å². The fraction of sp³-hybridized carbons (Fsp3) is 0.294. The van der Waals surface area contributed by atoms with Gasteiger partial charge in [0.15, 0.2) is 12.4 Å². The minimum atomic E-state index is -4.47. The highest BCUT2D eigenvalue weighted by Crippen LogP contribution is 2.26. The van der Waals surface area contributed by atoms with Gasteiger partial charge in [0.1, 0.15) is 5.75 Å². The van der Waals surface area contributed by atoms with E-state index in [0.29, 0.717) is 4.88 Å². The molecule has 0 radical (unpaired) electrons. The van der Waals surface area contributed by atoms with E-state index in [1.54, 1.807) is 12.1 Å². The Morgan fingerprint density at radius 1 is 1.12 bits per heavy atom. The van der Waals surface area contributed by atoms with E-state index < -0.39 is 18.7 Å². The number of Topliss-reactive ketones (excluding diaryl/α,β-unsaturated/α-hetero) is 1. The summed E-state index contributed by atoms with van der Waals surface area (Å²) in [4.78, 5) is 25.5. The van der Waals surface area contributed by atoms with Crippen molar-refractivity contribution < 1.29 is 27.5 Å². The number of carbonyl (C=O) groups is 2. The van der Waals surface area contributed by atoms with Crippen molar-refractivity contribution in [2.24, 2.45) is 0 Å². The van der Waals surface area contributed by atoms with Gasteiger partial charge in [-0.3, -0.25) is 9.59 Å². The molecule has 0 saturated heterocycles. The molecule has 1 aromatic carbocycles. The molecule has 0 bridgehead atoms. The van der Waals surface area contributed by atoms with Gasteiger partial charge in [-0.2, -0.15) is 13.2 Å². The van der Waals surface area contributed by atoms with Crippen LogP contribution in [0.1, 0.15) is 27.4 Å². The van der Waals surface area contributed by atoms with Crippen LogP contribution in [0.15, 0.2) is 36.4 Å².